The summed E-state index contributed by atoms with van der Waals surface area (Å²) in [6.07, 6.45) is 9.89. The van der Waals surface area contributed by atoms with Crippen molar-refractivity contribution in [1.29, 1.82) is 0 Å². The van der Waals surface area contributed by atoms with Crippen molar-refractivity contribution in [3.63, 3.8) is 0 Å². The van der Waals surface area contributed by atoms with Gasteiger partial charge in [-0.3, -0.25) is 14.3 Å². The van der Waals surface area contributed by atoms with Crippen LogP contribution in [0.2, 0.25) is 0 Å². The van der Waals surface area contributed by atoms with E-state index in [-0.39, 0.29) is 42.2 Å². The first-order valence-corrected chi connectivity index (χ1v) is 9.30. The molecule has 0 aromatic carbocycles. The zero-order chi connectivity index (χ0) is 17.9. The third-order valence-electron chi connectivity index (χ3n) is 5.49. The first-order valence-electron chi connectivity index (χ1n) is 9.30. The van der Waals surface area contributed by atoms with E-state index in [1.807, 2.05) is 4.90 Å². The van der Waals surface area contributed by atoms with Crippen molar-refractivity contribution in [2.24, 2.45) is 11.1 Å². The number of carbonyl (C=O) groups is 2. The molecule has 3 N–H and O–H groups in total. The lowest BCUT2D eigenvalue weighted by Crippen LogP contribution is -2.38. The molecule has 1 aliphatic heterocycles. The van der Waals surface area contributed by atoms with E-state index in [1.165, 1.54) is 19.3 Å². The molecule has 2 heterocycles. The molecule has 146 valence electrons. The lowest BCUT2D eigenvalue weighted by molar-refractivity contribution is -0.122. The Hall–Kier alpha value is -1.60. The van der Waals surface area contributed by atoms with Crippen LogP contribution < -0.4 is 11.1 Å². The average molecular weight is 384 g/mol. The van der Waals surface area contributed by atoms with Gasteiger partial charge in [0.15, 0.2) is 0 Å². The summed E-state index contributed by atoms with van der Waals surface area (Å²) in [5.41, 5.74) is 6.35. The number of aromatic nitrogens is 2. The first-order chi connectivity index (χ1) is 12.0. The summed E-state index contributed by atoms with van der Waals surface area (Å²) < 4.78 is 1.55. The summed E-state index contributed by atoms with van der Waals surface area (Å²) >= 11 is 0. The minimum Gasteiger partial charge on any atom is -0.352 e. The van der Waals surface area contributed by atoms with Crippen LogP contribution in [-0.2, 0) is 11.3 Å². The van der Waals surface area contributed by atoms with Crippen molar-refractivity contribution >= 4 is 24.2 Å². The zero-order valence-corrected chi connectivity index (χ0v) is 16.3. The monoisotopic (exact) mass is 383 g/mol. The van der Waals surface area contributed by atoms with Crippen molar-refractivity contribution in [3.8, 4) is 0 Å². The van der Waals surface area contributed by atoms with Crippen LogP contribution in [0, 0.1) is 5.41 Å². The van der Waals surface area contributed by atoms with Gasteiger partial charge in [-0.15, -0.1) is 12.4 Å². The number of hydrogen-bond donors (Lipinski definition) is 2. The van der Waals surface area contributed by atoms with Crippen molar-refractivity contribution in [1.82, 2.24) is 20.0 Å². The minimum absolute atomic E-state index is 0. The second-order valence-electron chi connectivity index (χ2n) is 7.82. The summed E-state index contributed by atoms with van der Waals surface area (Å²) in [6.45, 7) is 4.25. The van der Waals surface area contributed by atoms with Gasteiger partial charge in [0, 0.05) is 25.3 Å². The molecule has 2 amide bonds. The number of amides is 2. The fourth-order valence-corrected chi connectivity index (χ4v) is 3.77. The topological polar surface area (TPSA) is 93.2 Å². The maximum absolute atomic E-state index is 12.6. The van der Waals surface area contributed by atoms with Crippen LogP contribution >= 0.6 is 12.4 Å². The fourth-order valence-electron chi connectivity index (χ4n) is 3.77. The van der Waals surface area contributed by atoms with E-state index in [0.29, 0.717) is 18.7 Å². The molecule has 26 heavy (non-hydrogen) atoms. The van der Waals surface area contributed by atoms with Gasteiger partial charge in [0.2, 0.25) is 5.91 Å². The van der Waals surface area contributed by atoms with Crippen LogP contribution in [-0.4, -0.2) is 52.2 Å². The molecule has 2 aliphatic rings. The maximum atomic E-state index is 12.6. The Balaban J connectivity index is 0.00000243. The summed E-state index contributed by atoms with van der Waals surface area (Å²) in [6, 6.07) is 0.288. The summed E-state index contributed by atoms with van der Waals surface area (Å²) in [5.74, 6) is -0.0676. The molecule has 0 radical (unpaired) electrons. The van der Waals surface area contributed by atoms with Crippen LogP contribution in [0.25, 0.3) is 0 Å². The number of halogens is 1. The van der Waals surface area contributed by atoms with E-state index in [0.717, 1.165) is 25.8 Å². The van der Waals surface area contributed by atoms with Crippen molar-refractivity contribution < 1.29 is 9.59 Å². The van der Waals surface area contributed by atoms with E-state index in [9.17, 15) is 9.59 Å². The van der Waals surface area contributed by atoms with Crippen LogP contribution in [0.5, 0.6) is 0 Å². The fraction of sp³-hybridized carbons (Fsp3) is 0.722. The molecular formula is C18H30ClN5O2. The molecule has 1 atom stereocenters. The van der Waals surface area contributed by atoms with Gasteiger partial charge < -0.3 is 16.0 Å². The van der Waals surface area contributed by atoms with Gasteiger partial charge in [-0.05, 0) is 31.2 Å². The van der Waals surface area contributed by atoms with Crippen molar-refractivity contribution in [3.05, 3.63) is 18.0 Å². The van der Waals surface area contributed by atoms with Gasteiger partial charge in [0.25, 0.3) is 5.91 Å². The van der Waals surface area contributed by atoms with Gasteiger partial charge in [0.05, 0.1) is 11.8 Å². The highest BCUT2D eigenvalue weighted by Crippen LogP contribution is 2.29. The molecule has 7 nitrogen and oxygen atoms in total. The number of nitrogens with one attached hydrogen (secondary N) is 1. The number of nitrogens with two attached hydrogens (primary N) is 1. The van der Waals surface area contributed by atoms with E-state index in [2.05, 4.69) is 17.3 Å². The van der Waals surface area contributed by atoms with Crippen LogP contribution in [0.1, 0.15) is 55.8 Å². The summed E-state index contributed by atoms with van der Waals surface area (Å²) in [5, 5.41) is 7.25. The Morgan fingerprint density at radius 1 is 1.35 bits per heavy atom. The smallest absolute Gasteiger partial charge is 0.257 e. The standard InChI is InChI=1S/C18H29N5O2.ClH/c1-18(12-19)7-8-22(13-18)17(25)14-9-20-23(10-14)11-16(24)21-15-5-3-2-4-6-15;/h9-10,15H,2-8,11-13,19H2,1H3,(H,21,24);1H. The van der Waals surface area contributed by atoms with Gasteiger partial charge in [-0.2, -0.15) is 5.10 Å². The second-order valence-corrected chi connectivity index (χ2v) is 7.82. The average Bonchev–Trinajstić information content (AvgIpc) is 3.23. The third kappa shape index (κ3) is 4.98. The predicted octanol–water partition coefficient (Wildman–Crippen LogP) is 1.56. The predicted molar refractivity (Wildman–Crippen MR) is 102 cm³/mol. The molecule has 8 heteroatoms. The second kappa shape index (κ2) is 8.86. The number of likely N-dealkylation sites (tertiary alicyclic amines) is 1. The van der Waals surface area contributed by atoms with Gasteiger partial charge in [-0.1, -0.05) is 26.2 Å². The highest BCUT2D eigenvalue weighted by atomic mass is 35.5. The SMILES string of the molecule is CC1(CN)CCN(C(=O)c2cnn(CC(=O)NC3CCCCC3)c2)C1.Cl. The maximum Gasteiger partial charge on any atom is 0.257 e. The highest BCUT2D eigenvalue weighted by molar-refractivity contribution is 5.94. The summed E-state index contributed by atoms with van der Waals surface area (Å²) in [7, 11) is 0. The Bertz CT molecular complexity index is 629. The van der Waals surface area contributed by atoms with Gasteiger partial charge in [0.1, 0.15) is 6.54 Å². The molecule has 1 aromatic rings. The van der Waals surface area contributed by atoms with Gasteiger partial charge >= 0.3 is 0 Å². The molecule has 0 bridgehead atoms. The Kier molecular flexibility index (Phi) is 7.06. The number of nitrogens with zero attached hydrogens (tertiary/aromatic N) is 3. The molecule has 2 fully saturated rings. The van der Waals surface area contributed by atoms with E-state index >= 15 is 0 Å². The molecule has 1 unspecified atom stereocenters. The highest BCUT2D eigenvalue weighted by Gasteiger charge is 2.35. The van der Waals surface area contributed by atoms with Crippen LogP contribution in [0.3, 0.4) is 0 Å². The normalized spacial score (nSPS) is 23.5. The quantitative estimate of drug-likeness (QED) is 0.806. The molecule has 1 saturated heterocycles. The molecule has 1 aromatic heterocycles. The minimum atomic E-state index is -0.0362. The van der Waals surface area contributed by atoms with E-state index in [1.54, 1.807) is 17.1 Å². The third-order valence-corrected chi connectivity index (χ3v) is 5.49. The molecule has 1 aliphatic carbocycles. The van der Waals surface area contributed by atoms with Crippen molar-refractivity contribution in [2.75, 3.05) is 19.6 Å². The number of carbonyl (C=O) groups excluding carboxylic acids is 2. The van der Waals surface area contributed by atoms with Crippen LogP contribution in [0.15, 0.2) is 12.4 Å². The Labute approximate surface area is 161 Å². The summed E-state index contributed by atoms with van der Waals surface area (Å²) in [4.78, 5) is 26.6. The lowest BCUT2D eigenvalue weighted by Gasteiger charge is -2.22. The van der Waals surface area contributed by atoms with Gasteiger partial charge in [-0.25, -0.2) is 0 Å². The molecule has 3 rings (SSSR count). The number of hydrogen-bond acceptors (Lipinski definition) is 4. The van der Waals surface area contributed by atoms with Crippen LogP contribution in [0.4, 0.5) is 0 Å². The van der Waals surface area contributed by atoms with E-state index in [4.69, 9.17) is 5.73 Å². The largest absolute Gasteiger partial charge is 0.352 e. The number of rotatable bonds is 5. The molecular weight excluding hydrogens is 354 g/mol. The lowest BCUT2D eigenvalue weighted by atomic mass is 9.90. The first kappa shape index (κ1) is 20.7. The zero-order valence-electron chi connectivity index (χ0n) is 15.4. The van der Waals surface area contributed by atoms with Crippen molar-refractivity contribution in [2.45, 2.75) is 58.0 Å². The molecule has 0 spiro atoms. The molecule has 1 saturated carbocycles. The van der Waals surface area contributed by atoms with E-state index < -0.39 is 0 Å². The Morgan fingerprint density at radius 3 is 2.73 bits per heavy atom. The Morgan fingerprint density at radius 2 is 2.08 bits per heavy atom.